The molecule has 1 aromatic carbocycles. The maximum absolute atomic E-state index is 13.0. The van der Waals surface area contributed by atoms with Crippen molar-refractivity contribution in [3.05, 3.63) is 59.7 Å². The van der Waals surface area contributed by atoms with Gasteiger partial charge in [-0.05, 0) is 50.1 Å². The van der Waals surface area contributed by atoms with Crippen LogP contribution in [0.1, 0.15) is 17.0 Å². The van der Waals surface area contributed by atoms with Crippen molar-refractivity contribution in [3.63, 3.8) is 0 Å². The highest BCUT2D eigenvalue weighted by Crippen LogP contribution is 2.23. The molecule has 0 bridgehead atoms. The first kappa shape index (κ1) is 19.5. The molecule has 1 saturated heterocycles. The van der Waals surface area contributed by atoms with Crippen LogP contribution < -0.4 is 4.90 Å². The minimum absolute atomic E-state index is 0.355. The van der Waals surface area contributed by atoms with Crippen molar-refractivity contribution in [1.29, 1.82) is 0 Å². The molecule has 0 amide bonds. The third-order valence-corrected chi connectivity index (χ3v) is 7.12. The topological polar surface area (TPSA) is 84.2 Å². The third kappa shape index (κ3) is 3.88. The molecule has 0 radical (unpaired) electrons. The number of aromatic nitrogens is 4. The summed E-state index contributed by atoms with van der Waals surface area (Å²) in [5.41, 5.74) is 2.06. The molecular formula is C20H24N6O2S. The number of piperazine rings is 1. The van der Waals surface area contributed by atoms with Gasteiger partial charge in [0, 0.05) is 44.6 Å². The summed E-state index contributed by atoms with van der Waals surface area (Å²) in [5.74, 6) is 2.13. The van der Waals surface area contributed by atoms with E-state index < -0.39 is 10.0 Å². The Kier molecular flexibility index (Phi) is 5.10. The summed E-state index contributed by atoms with van der Waals surface area (Å²) in [6.07, 6.45) is 3.53. The minimum atomic E-state index is -3.50. The van der Waals surface area contributed by atoms with E-state index in [4.69, 9.17) is 0 Å². The number of hydrogen-bond donors (Lipinski definition) is 0. The Balaban J connectivity index is 1.52. The van der Waals surface area contributed by atoms with Crippen molar-refractivity contribution in [3.8, 4) is 5.82 Å². The number of benzene rings is 1. The predicted octanol–water partition coefficient (Wildman–Crippen LogP) is 2.10. The summed E-state index contributed by atoms with van der Waals surface area (Å²) in [7, 11) is -3.50. The second-order valence-electron chi connectivity index (χ2n) is 7.22. The largest absolute Gasteiger partial charge is 0.354 e. The van der Waals surface area contributed by atoms with E-state index in [2.05, 4.69) is 20.0 Å². The van der Waals surface area contributed by atoms with Gasteiger partial charge in [-0.3, -0.25) is 0 Å². The van der Waals surface area contributed by atoms with Crippen molar-refractivity contribution >= 4 is 15.8 Å². The standard InChI is InChI=1S/C20H24N6O2S/c1-15-5-6-18(13-16(15)2)29(27,28)25-11-9-24(10-12-25)19-14-20(23-17(3)22-19)26-8-4-7-21-26/h4-8,13-14H,9-12H2,1-3H3. The maximum Gasteiger partial charge on any atom is 0.243 e. The average Bonchev–Trinajstić information content (AvgIpc) is 3.24. The van der Waals surface area contributed by atoms with Gasteiger partial charge in [-0.15, -0.1) is 0 Å². The van der Waals surface area contributed by atoms with E-state index in [0.717, 1.165) is 16.9 Å². The van der Waals surface area contributed by atoms with Gasteiger partial charge < -0.3 is 4.90 Å². The molecule has 0 atom stereocenters. The molecule has 0 N–H and O–H groups in total. The van der Waals surface area contributed by atoms with Crippen molar-refractivity contribution in [2.75, 3.05) is 31.1 Å². The number of aryl methyl sites for hydroxylation is 3. The van der Waals surface area contributed by atoms with Crippen molar-refractivity contribution in [1.82, 2.24) is 24.1 Å². The van der Waals surface area contributed by atoms with Crippen LogP contribution in [0, 0.1) is 20.8 Å². The summed E-state index contributed by atoms with van der Waals surface area (Å²) in [5, 5.41) is 4.23. The Hall–Kier alpha value is -2.78. The molecule has 2 aromatic heterocycles. The molecule has 0 aliphatic carbocycles. The highest BCUT2D eigenvalue weighted by molar-refractivity contribution is 7.89. The first-order valence-electron chi connectivity index (χ1n) is 9.53. The van der Waals surface area contributed by atoms with E-state index in [1.807, 2.05) is 45.2 Å². The van der Waals surface area contributed by atoms with Crippen LogP contribution >= 0.6 is 0 Å². The van der Waals surface area contributed by atoms with Crippen LogP contribution in [-0.4, -0.2) is 58.7 Å². The van der Waals surface area contributed by atoms with Crippen LogP contribution in [0.15, 0.2) is 47.6 Å². The summed E-state index contributed by atoms with van der Waals surface area (Å²) in [6, 6.07) is 9.02. The molecule has 29 heavy (non-hydrogen) atoms. The number of anilines is 1. The van der Waals surface area contributed by atoms with Crippen LogP contribution in [0.3, 0.4) is 0 Å². The van der Waals surface area contributed by atoms with Gasteiger partial charge in [-0.1, -0.05) is 6.07 Å². The summed E-state index contributed by atoms with van der Waals surface area (Å²) in [6.45, 7) is 7.71. The Morgan fingerprint density at radius 1 is 0.897 bits per heavy atom. The average molecular weight is 413 g/mol. The van der Waals surface area contributed by atoms with E-state index in [9.17, 15) is 8.42 Å². The Morgan fingerprint density at radius 3 is 2.28 bits per heavy atom. The minimum Gasteiger partial charge on any atom is -0.354 e. The van der Waals surface area contributed by atoms with Crippen LogP contribution in [0.25, 0.3) is 5.82 Å². The number of rotatable bonds is 4. The van der Waals surface area contributed by atoms with Gasteiger partial charge in [0.1, 0.15) is 11.6 Å². The molecule has 3 heterocycles. The molecule has 9 heteroatoms. The molecule has 1 aliphatic heterocycles. The molecular weight excluding hydrogens is 388 g/mol. The van der Waals surface area contributed by atoms with Gasteiger partial charge in [0.15, 0.2) is 5.82 Å². The molecule has 3 aromatic rings. The first-order chi connectivity index (χ1) is 13.8. The van der Waals surface area contributed by atoms with Gasteiger partial charge in [0.25, 0.3) is 0 Å². The van der Waals surface area contributed by atoms with Crippen LogP contribution in [0.4, 0.5) is 5.82 Å². The fraction of sp³-hybridized carbons (Fsp3) is 0.350. The molecule has 0 unspecified atom stereocenters. The lowest BCUT2D eigenvalue weighted by Gasteiger charge is -2.34. The summed E-state index contributed by atoms with van der Waals surface area (Å²) in [4.78, 5) is 11.4. The SMILES string of the molecule is Cc1nc(N2CCN(S(=O)(=O)c3ccc(C)c(C)c3)CC2)cc(-n2cccn2)n1. The van der Waals surface area contributed by atoms with Crippen molar-refractivity contribution < 1.29 is 8.42 Å². The van der Waals surface area contributed by atoms with Gasteiger partial charge in [-0.2, -0.15) is 9.40 Å². The molecule has 0 saturated carbocycles. The fourth-order valence-corrected chi connectivity index (χ4v) is 4.91. The number of sulfonamides is 1. The van der Waals surface area contributed by atoms with Gasteiger partial charge in [-0.25, -0.2) is 23.1 Å². The van der Waals surface area contributed by atoms with Crippen LogP contribution in [0.2, 0.25) is 0 Å². The second-order valence-corrected chi connectivity index (χ2v) is 9.16. The van der Waals surface area contributed by atoms with Gasteiger partial charge >= 0.3 is 0 Å². The van der Waals surface area contributed by atoms with Crippen LogP contribution in [-0.2, 0) is 10.0 Å². The predicted molar refractivity (Wildman–Crippen MR) is 111 cm³/mol. The van der Waals surface area contributed by atoms with Crippen molar-refractivity contribution in [2.45, 2.75) is 25.7 Å². The lowest BCUT2D eigenvalue weighted by atomic mass is 10.1. The molecule has 4 rings (SSSR count). The third-order valence-electron chi connectivity index (χ3n) is 5.23. The zero-order valence-corrected chi connectivity index (χ0v) is 17.6. The monoisotopic (exact) mass is 412 g/mol. The Labute approximate surface area is 170 Å². The van der Waals surface area contributed by atoms with E-state index in [1.165, 1.54) is 0 Å². The summed E-state index contributed by atoms with van der Waals surface area (Å²) < 4.78 is 29.3. The van der Waals surface area contributed by atoms with E-state index in [-0.39, 0.29) is 0 Å². The van der Waals surface area contributed by atoms with E-state index in [1.54, 1.807) is 27.3 Å². The quantitative estimate of drug-likeness (QED) is 0.653. The zero-order chi connectivity index (χ0) is 20.6. The molecule has 152 valence electrons. The van der Waals surface area contributed by atoms with Gasteiger partial charge in [0.05, 0.1) is 4.90 Å². The maximum atomic E-state index is 13.0. The summed E-state index contributed by atoms with van der Waals surface area (Å²) >= 11 is 0. The molecule has 1 aliphatic rings. The highest BCUT2D eigenvalue weighted by atomic mass is 32.2. The highest BCUT2D eigenvalue weighted by Gasteiger charge is 2.29. The number of hydrogen-bond acceptors (Lipinski definition) is 6. The van der Waals surface area contributed by atoms with Crippen LogP contribution in [0.5, 0.6) is 0 Å². The van der Waals surface area contributed by atoms with Crippen molar-refractivity contribution in [2.24, 2.45) is 0 Å². The molecule has 0 spiro atoms. The first-order valence-corrected chi connectivity index (χ1v) is 11.0. The number of nitrogens with zero attached hydrogens (tertiary/aromatic N) is 6. The normalized spacial score (nSPS) is 15.6. The lowest BCUT2D eigenvalue weighted by Crippen LogP contribution is -2.49. The zero-order valence-electron chi connectivity index (χ0n) is 16.8. The molecule has 1 fully saturated rings. The lowest BCUT2D eigenvalue weighted by molar-refractivity contribution is 0.383. The Bertz CT molecular complexity index is 1120. The second kappa shape index (κ2) is 7.57. The Morgan fingerprint density at radius 2 is 1.62 bits per heavy atom. The fourth-order valence-electron chi connectivity index (χ4n) is 3.40. The van der Waals surface area contributed by atoms with E-state index in [0.29, 0.717) is 42.7 Å². The van der Waals surface area contributed by atoms with E-state index >= 15 is 0 Å². The smallest absolute Gasteiger partial charge is 0.243 e. The molecule has 8 nitrogen and oxygen atoms in total. The van der Waals surface area contributed by atoms with Gasteiger partial charge in [0.2, 0.25) is 10.0 Å².